The van der Waals surface area contributed by atoms with Gasteiger partial charge in [-0.05, 0) is 63.4 Å². The molecule has 1 aromatic carbocycles. The average molecular weight is 393 g/mol. The van der Waals surface area contributed by atoms with Gasteiger partial charge < -0.3 is 20.1 Å². The molecule has 0 aliphatic heterocycles. The molecule has 1 aromatic heterocycles. The lowest BCUT2D eigenvalue weighted by molar-refractivity contribution is 0.0526. The summed E-state index contributed by atoms with van der Waals surface area (Å²) in [6.45, 7) is 6.61. The van der Waals surface area contributed by atoms with Crippen LogP contribution in [0.4, 0.5) is 16.3 Å². The third-order valence-corrected chi connectivity index (χ3v) is 3.42. The van der Waals surface area contributed by atoms with Crippen LogP contribution in [0.15, 0.2) is 36.5 Å². The Morgan fingerprint density at radius 3 is 2.78 bits per heavy atom. The highest BCUT2D eigenvalue weighted by Crippen LogP contribution is 2.21. The first-order valence-corrected chi connectivity index (χ1v) is 9.15. The summed E-state index contributed by atoms with van der Waals surface area (Å²) in [7, 11) is 0. The van der Waals surface area contributed by atoms with Crippen LogP contribution in [0.2, 0.25) is 5.28 Å². The molecule has 7 nitrogen and oxygen atoms in total. The maximum atomic E-state index is 11.5. The van der Waals surface area contributed by atoms with E-state index in [-0.39, 0.29) is 5.28 Å². The van der Waals surface area contributed by atoms with Crippen molar-refractivity contribution < 1.29 is 14.3 Å². The van der Waals surface area contributed by atoms with E-state index in [1.54, 1.807) is 12.3 Å². The fraction of sp³-hybridized carbons (Fsp3) is 0.421. The summed E-state index contributed by atoms with van der Waals surface area (Å²) in [5.41, 5.74) is 0.359. The van der Waals surface area contributed by atoms with Gasteiger partial charge in [0.1, 0.15) is 17.2 Å². The third kappa shape index (κ3) is 8.59. The first kappa shape index (κ1) is 20.8. The molecule has 0 atom stereocenters. The van der Waals surface area contributed by atoms with Gasteiger partial charge in [0.25, 0.3) is 0 Å². The first-order chi connectivity index (χ1) is 12.8. The Bertz CT molecular complexity index is 750. The summed E-state index contributed by atoms with van der Waals surface area (Å²) in [4.78, 5) is 19.5. The second kappa shape index (κ2) is 9.97. The Balaban J connectivity index is 1.68. The number of nitrogens with zero attached hydrogens (tertiary/aromatic N) is 2. The minimum atomic E-state index is -0.483. The van der Waals surface area contributed by atoms with Crippen LogP contribution in [0.5, 0.6) is 5.75 Å². The lowest BCUT2D eigenvalue weighted by atomic mass is 10.2. The maximum Gasteiger partial charge on any atom is 0.407 e. The molecule has 0 bridgehead atoms. The van der Waals surface area contributed by atoms with E-state index >= 15 is 0 Å². The fourth-order valence-corrected chi connectivity index (χ4v) is 2.29. The number of benzene rings is 1. The number of unbranched alkanes of at least 4 members (excludes halogenated alkanes) is 1. The molecule has 2 aromatic rings. The van der Waals surface area contributed by atoms with Gasteiger partial charge in [-0.3, -0.25) is 0 Å². The zero-order chi connectivity index (χ0) is 19.7. The topological polar surface area (TPSA) is 85.4 Å². The summed E-state index contributed by atoms with van der Waals surface area (Å²) in [6.07, 6.45) is 2.81. The molecule has 0 radical (unpaired) electrons. The molecule has 0 aliphatic rings. The van der Waals surface area contributed by atoms with E-state index in [1.165, 1.54) is 0 Å². The van der Waals surface area contributed by atoms with Gasteiger partial charge in [-0.25, -0.2) is 14.8 Å². The van der Waals surface area contributed by atoms with Crippen molar-refractivity contribution in [2.24, 2.45) is 0 Å². The van der Waals surface area contributed by atoms with Gasteiger partial charge in [-0.2, -0.15) is 0 Å². The molecule has 0 unspecified atom stereocenters. The van der Waals surface area contributed by atoms with E-state index < -0.39 is 11.7 Å². The van der Waals surface area contributed by atoms with Crippen molar-refractivity contribution in [3.05, 3.63) is 41.8 Å². The molecule has 1 amide bonds. The van der Waals surface area contributed by atoms with E-state index in [1.807, 2.05) is 45.0 Å². The molecule has 0 aliphatic carbocycles. The third-order valence-electron chi connectivity index (χ3n) is 3.24. The van der Waals surface area contributed by atoms with Crippen LogP contribution >= 0.6 is 11.6 Å². The summed E-state index contributed by atoms with van der Waals surface area (Å²) in [5.74, 6) is 1.36. The zero-order valence-corrected chi connectivity index (χ0v) is 16.5. The molecule has 2 N–H and O–H groups in total. The fourth-order valence-electron chi connectivity index (χ4n) is 2.14. The first-order valence-electron chi connectivity index (χ1n) is 8.77. The molecule has 146 valence electrons. The number of carbonyl (C=O) groups is 1. The van der Waals surface area contributed by atoms with Crippen LogP contribution in [-0.4, -0.2) is 34.8 Å². The molecular formula is C19H25ClN4O3. The number of aromatic nitrogens is 2. The number of amides is 1. The van der Waals surface area contributed by atoms with Gasteiger partial charge in [0.2, 0.25) is 5.28 Å². The highest BCUT2D eigenvalue weighted by molar-refractivity contribution is 6.28. The van der Waals surface area contributed by atoms with Gasteiger partial charge in [0.15, 0.2) is 0 Å². The number of hydrogen-bond donors (Lipinski definition) is 2. The van der Waals surface area contributed by atoms with Crippen molar-refractivity contribution in [1.82, 2.24) is 15.3 Å². The summed E-state index contributed by atoms with van der Waals surface area (Å²) < 4.78 is 10.9. The van der Waals surface area contributed by atoms with E-state index in [2.05, 4.69) is 20.6 Å². The van der Waals surface area contributed by atoms with Gasteiger partial charge >= 0.3 is 6.09 Å². The molecular weight excluding hydrogens is 368 g/mol. The van der Waals surface area contributed by atoms with Crippen LogP contribution in [0.25, 0.3) is 0 Å². The minimum Gasteiger partial charge on any atom is -0.494 e. The number of halogens is 1. The van der Waals surface area contributed by atoms with Gasteiger partial charge in [-0.15, -0.1) is 0 Å². The van der Waals surface area contributed by atoms with Crippen molar-refractivity contribution in [3.63, 3.8) is 0 Å². The largest absolute Gasteiger partial charge is 0.494 e. The Kier molecular flexibility index (Phi) is 7.67. The van der Waals surface area contributed by atoms with Crippen molar-refractivity contribution in [2.45, 2.75) is 39.2 Å². The number of alkyl carbamates (subject to hydrolysis) is 1. The van der Waals surface area contributed by atoms with Crippen molar-refractivity contribution in [1.29, 1.82) is 0 Å². The summed E-state index contributed by atoms with van der Waals surface area (Å²) in [6, 6.07) is 9.31. The molecule has 1 heterocycles. The number of rotatable bonds is 8. The molecule has 8 heteroatoms. The van der Waals surface area contributed by atoms with Gasteiger partial charge in [-0.1, -0.05) is 6.07 Å². The SMILES string of the molecule is CC(C)(C)OC(=O)NCCCCOc1cccc(Nc2ccnc(Cl)n2)c1. The highest BCUT2D eigenvalue weighted by atomic mass is 35.5. The van der Waals surface area contributed by atoms with E-state index in [0.717, 1.165) is 24.3 Å². The lowest BCUT2D eigenvalue weighted by Gasteiger charge is -2.19. The quantitative estimate of drug-likeness (QED) is 0.506. The molecule has 0 saturated carbocycles. The number of nitrogens with one attached hydrogen (secondary N) is 2. The summed E-state index contributed by atoms with van der Waals surface area (Å²) >= 11 is 5.78. The number of hydrogen-bond acceptors (Lipinski definition) is 6. The van der Waals surface area contributed by atoms with Gasteiger partial charge in [0, 0.05) is 24.5 Å². The number of ether oxygens (including phenoxy) is 2. The normalized spacial score (nSPS) is 11.0. The van der Waals surface area contributed by atoms with Crippen LogP contribution in [-0.2, 0) is 4.74 Å². The van der Waals surface area contributed by atoms with Crippen LogP contribution in [0.1, 0.15) is 33.6 Å². The van der Waals surface area contributed by atoms with Crippen LogP contribution in [0.3, 0.4) is 0 Å². The van der Waals surface area contributed by atoms with Crippen LogP contribution < -0.4 is 15.4 Å². The second-order valence-corrected chi connectivity index (χ2v) is 7.19. The lowest BCUT2D eigenvalue weighted by Crippen LogP contribution is -2.33. The Labute approximate surface area is 164 Å². The Morgan fingerprint density at radius 1 is 1.22 bits per heavy atom. The monoisotopic (exact) mass is 392 g/mol. The molecule has 0 saturated heterocycles. The Hall–Kier alpha value is -2.54. The molecule has 27 heavy (non-hydrogen) atoms. The Morgan fingerprint density at radius 2 is 2.04 bits per heavy atom. The predicted molar refractivity (Wildman–Crippen MR) is 106 cm³/mol. The average Bonchev–Trinajstić information content (AvgIpc) is 2.57. The standard InChI is InChI=1S/C19H25ClN4O3/c1-19(2,3)27-18(25)22-10-4-5-12-26-15-8-6-7-14(13-15)23-16-9-11-21-17(20)24-16/h6-9,11,13H,4-5,10,12H2,1-3H3,(H,22,25)(H,21,23,24). The molecule has 2 rings (SSSR count). The smallest absolute Gasteiger partial charge is 0.407 e. The predicted octanol–water partition coefficient (Wildman–Crippen LogP) is 4.56. The highest BCUT2D eigenvalue weighted by Gasteiger charge is 2.15. The van der Waals surface area contributed by atoms with Gasteiger partial charge in [0.05, 0.1) is 6.61 Å². The van der Waals surface area contributed by atoms with E-state index in [4.69, 9.17) is 21.1 Å². The van der Waals surface area contributed by atoms with Crippen molar-refractivity contribution in [3.8, 4) is 5.75 Å². The van der Waals surface area contributed by atoms with E-state index in [9.17, 15) is 4.79 Å². The molecule has 0 spiro atoms. The number of anilines is 2. The molecule has 0 fully saturated rings. The van der Waals surface area contributed by atoms with Crippen molar-refractivity contribution >= 4 is 29.2 Å². The minimum absolute atomic E-state index is 0.187. The van der Waals surface area contributed by atoms with E-state index in [0.29, 0.717) is 19.0 Å². The number of carbonyl (C=O) groups excluding carboxylic acids is 1. The second-order valence-electron chi connectivity index (χ2n) is 6.85. The van der Waals surface area contributed by atoms with Crippen LogP contribution in [0, 0.1) is 0 Å². The van der Waals surface area contributed by atoms with Crippen molar-refractivity contribution in [2.75, 3.05) is 18.5 Å². The zero-order valence-electron chi connectivity index (χ0n) is 15.8. The summed E-state index contributed by atoms with van der Waals surface area (Å²) in [5, 5.41) is 6.07. The maximum absolute atomic E-state index is 11.5.